The number of rotatable bonds is 2. The van der Waals surface area contributed by atoms with Crippen LogP contribution in [-0.2, 0) is 7.05 Å². The number of nitrogens with zero attached hydrogens (tertiary/aromatic N) is 6. The minimum atomic E-state index is 0.741. The van der Waals surface area contributed by atoms with Crippen LogP contribution in [0.5, 0.6) is 0 Å². The van der Waals surface area contributed by atoms with E-state index in [2.05, 4.69) is 25.4 Å². The van der Waals surface area contributed by atoms with E-state index in [9.17, 15) is 0 Å². The second-order valence-corrected chi connectivity index (χ2v) is 4.75. The number of nitrogens with one attached hydrogen (secondary N) is 1. The maximum absolute atomic E-state index is 4.62. The summed E-state index contributed by atoms with van der Waals surface area (Å²) in [5.74, 6) is 0.741. The van der Waals surface area contributed by atoms with Crippen LogP contribution < -0.4 is 5.32 Å². The van der Waals surface area contributed by atoms with Gasteiger partial charge in [0.2, 0.25) is 0 Å². The normalized spacial score (nSPS) is 11.3. The zero-order valence-corrected chi connectivity index (χ0v) is 11.6. The molecule has 0 atom stereocenters. The fourth-order valence-corrected chi connectivity index (χ4v) is 2.43. The zero-order chi connectivity index (χ0) is 14.4. The van der Waals surface area contributed by atoms with Gasteiger partial charge in [0.15, 0.2) is 22.6 Å². The van der Waals surface area contributed by atoms with Crippen molar-refractivity contribution in [3.05, 3.63) is 36.8 Å². The second-order valence-electron chi connectivity index (χ2n) is 4.75. The van der Waals surface area contributed by atoms with Crippen LogP contribution in [0.3, 0.4) is 0 Å². The maximum Gasteiger partial charge on any atom is 0.167 e. The summed E-state index contributed by atoms with van der Waals surface area (Å²) in [6.07, 6.45) is 3.51. The van der Waals surface area contributed by atoms with Gasteiger partial charge in [-0.25, -0.2) is 9.97 Å². The van der Waals surface area contributed by atoms with E-state index >= 15 is 0 Å². The molecular formula is C14H13N7. The van der Waals surface area contributed by atoms with Gasteiger partial charge in [-0.15, -0.1) is 0 Å². The molecule has 4 heterocycles. The summed E-state index contributed by atoms with van der Waals surface area (Å²) >= 11 is 0. The SMILES string of the molecule is CNc1nc2cc(-c3ccccn3)nn2c2c1ncn2C. The molecule has 0 aromatic carbocycles. The first-order valence-corrected chi connectivity index (χ1v) is 6.58. The number of aromatic nitrogens is 6. The average Bonchev–Trinajstić information content (AvgIpc) is 3.11. The Balaban J connectivity index is 2.07. The van der Waals surface area contributed by atoms with E-state index in [1.807, 2.05) is 42.9 Å². The van der Waals surface area contributed by atoms with Crippen molar-refractivity contribution >= 4 is 22.6 Å². The zero-order valence-electron chi connectivity index (χ0n) is 11.6. The summed E-state index contributed by atoms with van der Waals surface area (Å²) in [6.45, 7) is 0. The molecule has 4 aromatic rings. The molecule has 104 valence electrons. The highest BCUT2D eigenvalue weighted by Gasteiger charge is 2.15. The van der Waals surface area contributed by atoms with Crippen molar-refractivity contribution in [3.8, 4) is 11.4 Å². The number of pyridine rings is 1. The first-order chi connectivity index (χ1) is 10.3. The van der Waals surface area contributed by atoms with Crippen molar-refractivity contribution < 1.29 is 0 Å². The molecule has 0 aliphatic carbocycles. The molecule has 0 spiro atoms. The van der Waals surface area contributed by atoms with Crippen molar-refractivity contribution in [2.24, 2.45) is 7.05 Å². The van der Waals surface area contributed by atoms with Crippen molar-refractivity contribution in [2.45, 2.75) is 0 Å². The molecular weight excluding hydrogens is 266 g/mol. The van der Waals surface area contributed by atoms with E-state index in [0.29, 0.717) is 0 Å². The van der Waals surface area contributed by atoms with Gasteiger partial charge in [-0.3, -0.25) is 4.98 Å². The first-order valence-electron chi connectivity index (χ1n) is 6.58. The fraction of sp³-hybridized carbons (Fsp3) is 0.143. The second kappa shape index (κ2) is 4.27. The third-order valence-corrected chi connectivity index (χ3v) is 3.41. The number of imidazole rings is 1. The molecule has 21 heavy (non-hydrogen) atoms. The minimum absolute atomic E-state index is 0.741. The summed E-state index contributed by atoms with van der Waals surface area (Å²) in [7, 11) is 3.78. The van der Waals surface area contributed by atoms with E-state index < -0.39 is 0 Å². The van der Waals surface area contributed by atoms with Crippen LogP contribution in [0.1, 0.15) is 0 Å². The van der Waals surface area contributed by atoms with E-state index in [0.717, 1.165) is 34.0 Å². The fourth-order valence-electron chi connectivity index (χ4n) is 2.43. The summed E-state index contributed by atoms with van der Waals surface area (Å²) in [6, 6.07) is 7.69. The number of aryl methyl sites for hydroxylation is 1. The van der Waals surface area contributed by atoms with Crippen molar-refractivity contribution in [1.82, 2.24) is 29.1 Å². The van der Waals surface area contributed by atoms with Crippen LogP contribution in [-0.4, -0.2) is 36.2 Å². The Morgan fingerprint density at radius 3 is 2.81 bits per heavy atom. The van der Waals surface area contributed by atoms with Gasteiger partial charge in [-0.05, 0) is 12.1 Å². The quantitative estimate of drug-likeness (QED) is 0.605. The summed E-state index contributed by atoms with van der Waals surface area (Å²) in [5.41, 5.74) is 4.06. The van der Waals surface area contributed by atoms with E-state index in [1.54, 1.807) is 17.0 Å². The molecule has 0 fully saturated rings. The number of hydrogen-bond acceptors (Lipinski definition) is 5. The Morgan fingerprint density at radius 2 is 2.05 bits per heavy atom. The smallest absolute Gasteiger partial charge is 0.167 e. The molecule has 0 saturated carbocycles. The molecule has 0 saturated heterocycles. The Hall–Kier alpha value is -2.96. The number of anilines is 1. The lowest BCUT2D eigenvalue weighted by Gasteiger charge is -2.03. The van der Waals surface area contributed by atoms with Gasteiger partial charge in [-0.1, -0.05) is 6.07 Å². The molecule has 0 aliphatic rings. The predicted molar refractivity (Wildman–Crippen MR) is 80.0 cm³/mol. The third-order valence-electron chi connectivity index (χ3n) is 3.41. The predicted octanol–water partition coefficient (Wildman–Crippen LogP) is 1.72. The van der Waals surface area contributed by atoms with Crippen LogP contribution in [0.15, 0.2) is 36.8 Å². The summed E-state index contributed by atoms with van der Waals surface area (Å²) < 4.78 is 3.73. The van der Waals surface area contributed by atoms with Crippen molar-refractivity contribution in [3.63, 3.8) is 0 Å². The number of hydrogen-bond donors (Lipinski definition) is 1. The van der Waals surface area contributed by atoms with Crippen LogP contribution in [0, 0.1) is 0 Å². The van der Waals surface area contributed by atoms with Gasteiger partial charge in [-0.2, -0.15) is 9.61 Å². The van der Waals surface area contributed by atoms with Gasteiger partial charge in [0.1, 0.15) is 5.69 Å². The Kier molecular flexibility index (Phi) is 2.41. The Morgan fingerprint density at radius 1 is 1.14 bits per heavy atom. The van der Waals surface area contributed by atoms with Crippen LogP contribution in [0.4, 0.5) is 5.82 Å². The third kappa shape index (κ3) is 1.67. The van der Waals surface area contributed by atoms with Gasteiger partial charge in [0.25, 0.3) is 0 Å². The van der Waals surface area contributed by atoms with Crippen LogP contribution in [0.25, 0.3) is 28.2 Å². The van der Waals surface area contributed by atoms with E-state index in [-0.39, 0.29) is 0 Å². The minimum Gasteiger partial charge on any atom is -0.371 e. The molecule has 0 aliphatic heterocycles. The first kappa shape index (κ1) is 11.8. The van der Waals surface area contributed by atoms with Gasteiger partial charge < -0.3 is 9.88 Å². The largest absolute Gasteiger partial charge is 0.371 e. The van der Waals surface area contributed by atoms with Crippen molar-refractivity contribution in [1.29, 1.82) is 0 Å². The van der Waals surface area contributed by atoms with Crippen molar-refractivity contribution in [2.75, 3.05) is 12.4 Å². The van der Waals surface area contributed by atoms with Gasteiger partial charge >= 0.3 is 0 Å². The molecule has 4 rings (SSSR count). The molecule has 7 nitrogen and oxygen atoms in total. The van der Waals surface area contributed by atoms with Crippen LogP contribution >= 0.6 is 0 Å². The summed E-state index contributed by atoms with van der Waals surface area (Å²) in [4.78, 5) is 13.3. The molecule has 0 radical (unpaired) electrons. The highest BCUT2D eigenvalue weighted by Crippen LogP contribution is 2.24. The van der Waals surface area contributed by atoms with E-state index in [4.69, 9.17) is 0 Å². The monoisotopic (exact) mass is 279 g/mol. The highest BCUT2D eigenvalue weighted by molar-refractivity contribution is 5.86. The molecule has 0 unspecified atom stereocenters. The lowest BCUT2D eigenvalue weighted by atomic mass is 10.3. The van der Waals surface area contributed by atoms with Crippen LogP contribution in [0.2, 0.25) is 0 Å². The summed E-state index contributed by atoms with van der Waals surface area (Å²) in [5, 5.41) is 7.70. The Labute approximate surface area is 120 Å². The lowest BCUT2D eigenvalue weighted by molar-refractivity contribution is 0.876. The molecule has 4 aromatic heterocycles. The lowest BCUT2D eigenvalue weighted by Crippen LogP contribution is -2.01. The Bertz CT molecular complexity index is 936. The molecule has 1 N–H and O–H groups in total. The highest BCUT2D eigenvalue weighted by atomic mass is 15.3. The molecule has 0 amide bonds. The van der Waals surface area contributed by atoms with E-state index in [1.165, 1.54) is 0 Å². The van der Waals surface area contributed by atoms with Gasteiger partial charge in [0.05, 0.1) is 12.0 Å². The molecule has 0 bridgehead atoms. The van der Waals surface area contributed by atoms with Gasteiger partial charge in [0, 0.05) is 26.4 Å². The average molecular weight is 279 g/mol. The topological polar surface area (TPSA) is 72.9 Å². The molecule has 7 heteroatoms. The maximum atomic E-state index is 4.62. The standard InChI is InChI=1S/C14H13N7/c1-15-13-12-14(20(2)8-17-12)21-11(18-13)7-10(19-21)9-5-3-4-6-16-9/h3-8H,1-2H3,(H,15,18). The number of fused-ring (bicyclic) bond motifs is 3.